The van der Waals surface area contributed by atoms with E-state index in [1.807, 2.05) is 18.7 Å². The van der Waals surface area contributed by atoms with Gasteiger partial charge in [-0.15, -0.1) is 0 Å². The van der Waals surface area contributed by atoms with Crippen LogP contribution in [0, 0.1) is 0 Å². The molecule has 2 aromatic heterocycles. The summed E-state index contributed by atoms with van der Waals surface area (Å²) < 4.78 is 9.57. The number of nitrogens with zero attached hydrogens (tertiary/aromatic N) is 5. The number of ether oxygens (including phenoxy) is 1. The topological polar surface area (TPSA) is 91.4 Å². The van der Waals surface area contributed by atoms with Gasteiger partial charge >= 0.3 is 5.69 Å². The minimum Gasteiger partial charge on any atom is -0.375 e. The molecule has 136 valence electrons. The van der Waals surface area contributed by atoms with Crippen molar-refractivity contribution in [2.24, 2.45) is 14.1 Å². The Morgan fingerprint density at radius 2 is 2.00 bits per heavy atom. The Balaban J connectivity index is 1.83. The zero-order valence-corrected chi connectivity index (χ0v) is 14.9. The van der Waals surface area contributed by atoms with Gasteiger partial charge in [-0.25, -0.2) is 9.78 Å². The summed E-state index contributed by atoms with van der Waals surface area (Å²) in [5, 5.41) is 0. The third kappa shape index (κ3) is 2.99. The predicted molar refractivity (Wildman–Crippen MR) is 91.4 cm³/mol. The van der Waals surface area contributed by atoms with Gasteiger partial charge in [0.05, 0.1) is 25.1 Å². The first-order valence-electron chi connectivity index (χ1n) is 8.33. The van der Waals surface area contributed by atoms with E-state index in [1.54, 1.807) is 11.6 Å². The number of aryl methyl sites for hydroxylation is 2. The Labute approximate surface area is 144 Å². The molecule has 0 N–H and O–H groups in total. The van der Waals surface area contributed by atoms with E-state index in [2.05, 4.69) is 4.98 Å². The summed E-state index contributed by atoms with van der Waals surface area (Å²) in [5.74, 6) is 0.0196. The quantitative estimate of drug-likeness (QED) is 0.742. The lowest BCUT2D eigenvalue weighted by molar-refractivity contribution is -0.143. The number of fused-ring (bicyclic) bond motifs is 1. The molecule has 2 aromatic rings. The van der Waals surface area contributed by atoms with Crippen LogP contribution in [0.2, 0.25) is 0 Å². The van der Waals surface area contributed by atoms with E-state index < -0.39 is 11.2 Å². The third-order valence-electron chi connectivity index (χ3n) is 4.71. The molecule has 1 amide bonds. The van der Waals surface area contributed by atoms with Crippen molar-refractivity contribution in [3.63, 3.8) is 0 Å². The predicted octanol–water partition coefficient (Wildman–Crippen LogP) is -0.540. The fourth-order valence-corrected chi connectivity index (χ4v) is 3.18. The molecule has 0 unspecified atom stereocenters. The summed E-state index contributed by atoms with van der Waals surface area (Å²) in [6, 6.07) is 0.0388. The van der Waals surface area contributed by atoms with Gasteiger partial charge in [0.2, 0.25) is 5.91 Å². The van der Waals surface area contributed by atoms with Crippen LogP contribution in [0.3, 0.4) is 0 Å². The van der Waals surface area contributed by atoms with Crippen molar-refractivity contribution in [1.29, 1.82) is 0 Å². The van der Waals surface area contributed by atoms with Crippen molar-refractivity contribution in [2.75, 3.05) is 13.2 Å². The van der Waals surface area contributed by atoms with Gasteiger partial charge in [-0.05, 0) is 13.8 Å². The van der Waals surface area contributed by atoms with Gasteiger partial charge in [0.1, 0.15) is 0 Å². The Bertz CT molecular complexity index is 925. The molecule has 0 bridgehead atoms. The van der Waals surface area contributed by atoms with E-state index in [1.165, 1.54) is 17.9 Å². The second-order valence-corrected chi connectivity index (χ2v) is 6.61. The van der Waals surface area contributed by atoms with Crippen molar-refractivity contribution in [3.8, 4) is 0 Å². The van der Waals surface area contributed by atoms with Crippen LogP contribution < -0.4 is 11.2 Å². The molecule has 1 saturated heterocycles. The number of hydrogen-bond acceptors (Lipinski definition) is 5. The van der Waals surface area contributed by atoms with Gasteiger partial charge in [-0.3, -0.25) is 18.7 Å². The maximum atomic E-state index is 12.6. The molecule has 2 atom stereocenters. The number of morpholine rings is 1. The van der Waals surface area contributed by atoms with E-state index in [-0.39, 0.29) is 24.5 Å². The summed E-state index contributed by atoms with van der Waals surface area (Å²) in [5.41, 5.74) is -0.166. The Morgan fingerprint density at radius 3 is 2.72 bits per heavy atom. The highest BCUT2D eigenvalue weighted by Crippen LogP contribution is 2.14. The summed E-state index contributed by atoms with van der Waals surface area (Å²) in [7, 11) is 3.01. The Morgan fingerprint density at radius 1 is 1.28 bits per heavy atom. The second kappa shape index (κ2) is 6.47. The summed E-state index contributed by atoms with van der Waals surface area (Å²) in [4.78, 5) is 42.9. The number of imidazole rings is 1. The maximum absolute atomic E-state index is 12.6. The highest BCUT2D eigenvalue weighted by atomic mass is 16.5. The fourth-order valence-electron chi connectivity index (χ4n) is 3.18. The van der Waals surface area contributed by atoms with E-state index in [0.717, 1.165) is 4.57 Å². The molecule has 0 saturated carbocycles. The molecular weight excluding hydrogens is 326 g/mol. The fraction of sp³-hybridized carbons (Fsp3) is 0.625. The monoisotopic (exact) mass is 349 g/mol. The molecule has 1 aliphatic heterocycles. The summed E-state index contributed by atoms with van der Waals surface area (Å²) in [6.07, 6.45) is 1.79. The van der Waals surface area contributed by atoms with Crippen LogP contribution in [0.1, 0.15) is 20.3 Å². The highest BCUT2D eigenvalue weighted by molar-refractivity contribution is 5.77. The van der Waals surface area contributed by atoms with Crippen LogP contribution in [0.25, 0.3) is 11.2 Å². The lowest BCUT2D eigenvalue weighted by atomic mass is 10.2. The molecule has 9 nitrogen and oxygen atoms in total. The molecule has 25 heavy (non-hydrogen) atoms. The van der Waals surface area contributed by atoms with Gasteiger partial charge < -0.3 is 14.2 Å². The van der Waals surface area contributed by atoms with Crippen molar-refractivity contribution in [2.45, 2.75) is 39.0 Å². The SMILES string of the molecule is C[C@H]1CN(C(=O)CCn2cnc3c2c(=O)n(C)c(=O)n3C)[C@@H](C)CO1. The van der Waals surface area contributed by atoms with Crippen LogP contribution in [-0.4, -0.2) is 54.8 Å². The standard InChI is InChI=1S/C16H23N5O4/c1-10-8-25-11(2)7-21(10)12(22)5-6-20-9-17-14-13(20)15(23)19(4)16(24)18(14)3/h9-11H,5-8H2,1-4H3/t10-,11-/m0/s1. The largest absolute Gasteiger partial charge is 0.375 e. The van der Waals surface area contributed by atoms with E-state index in [0.29, 0.717) is 30.9 Å². The normalized spacial score (nSPS) is 21.0. The first-order valence-corrected chi connectivity index (χ1v) is 8.33. The average Bonchev–Trinajstić information content (AvgIpc) is 3.02. The molecule has 9 heteroatoms. The van der Waals surface area contributed by atoms with Crippen molar-refractivity contribution in [3.05, 3.63) is 27.2 Å². The molecule has 0 aliphatic carbocycles. The molecule has 3 heterocycles. The van der Waals surface area contributed by atoms with Crippen LogP contribution >= 0.6 is 0 Å². The number of aromatic nitrogens is 4. The summed E-state index contributed by atoms with van der Waals surface area (Å²) in [6.45, 7) is 5.34. The highest BCUT2D eigenvalue weighted by Gasteiger charge is 2.27. The Kier molecular flexibility index (Phi) is 4.51. The molecule has 1 fully saturated rings. The van der Waals surface area contributed by atoms with E-state index >= 15 is 0 Å². The van der Waals surface area contributed by atoms with Crippen LogP contribution in [0.15, 0.2) is 15.9 Å². The van der Waals surface area contributed by atoms with Crippen molar-refractivity contribution in [1.82, 2.24) is 23.6 Å². The maximum Gasteiger partial charge on any atom is 0.332 e. The van der Waals surface area contributed by atoms with Gasteiger partial charge in [-0.2, -0.15) is 0 Å². The molecular formula is C16H23N5O4. The van der Waals surface area contributed by atoms with Crippen molar-refractivity contribution < 1.29 is 9.53 Å². The number of hydrogen-bond donors (Lipinski definition) is 0. The lowest BCUT2D eigenvalue weighted by Gasteiger charge is -2.36. The van der Waals surface area contributed by atoms with Crippen LogP contribution in [0.4, 0.5) is 0 Å². The molecule has 0 spiro atoms. The molecule has 3 rings (SSSR count). The Hall–Kier alpha value is -2.42. The zero-order valence-electron chi connectivity index (χ0n) is 14.9. The second-order valence-electron chi connectivity index (χ2n) is 6.61. The first-order chi connectivity index (χ1) is 11.8. The summed E-state index contributed by atoms with van der Waals surface area (Å²) >= 11 is 0. The minimum absolute atomic E-state index is 0.0196. The smallest absolute Gasteiger partial charge is 0.332 e. The van der Waals surface area contributed by atoms with Crippen molar-refractivity contribution >= 4 is 17.1 Å². The van der Waals surface area contributed by atoms with Gasteiger partial charge in [-0.1, -0.05) is 0 Å². The van der Waals surface area contributed by atoms with Gasteiger partial charge in [0, 0.05) is 33.6 Å². The molecule has 0 radical (unpaired) electrons. The van der Waals surface area contributed by atoms with Crippen LogP contribution in [0.5, 0.6) is 0 Å². The third-order valence-corrected chi connectivity index (χ3v) is 4.71. The average molecular weight is 349 g/mol. The van der Waals surface area contributed by atoms with Gasteiger partial charge in [0.25, 0.3) is 5.56 Å². The molecule has 1 aliphatic rings. The number of amides is 1. The van der Waals surface area contributed by atoms with Gasteiger partial charge in [0.15, 0.2) is 11.2 Å². The lowest BCUT2D eigenvalue weighted by Crippen LogP contribution is -2.50. The first kappa shape index (κ1) is 17.4. The minimum atomic E-state index is -0.421. The zero-order chi connectivity index (χ0) is 18.3. The number of rotatable bonds is 3. The molecule has 0 aromatic carbocycles. The number of carbonyl (C=O) groups excluding carboxylic acids is 1. The van der Waals surface area contributed by atoms with E-state index in [9.17, 15) is 14.4 Å². The van der Waals surface area contributed by atoms with Crippen LogP contribution in [-0.2, 0) is 30.2 Å². The van der Waals surface area contributed by atoms with E-state index in [4.69, 9.17) is 4.74 Å². The number of carbonyl (C=O) groups is 1.